The van der Waals surface area contributed by atoms with Gasteiger partial charge in [-0.1, -0.05) is 0 Å². The number of ether oxygens (including phenoxy) is 3. The summed E-state index contributed by atoms with van der Waals surface area (Å²) in [5.74, 6) is -0.374. The summed E-state index contributed by atoms with van der Waals surface area (Å²) in [4.78, 5) is 10.5. The van der Waals surface area contributed by atoms with Gasteiger partial charge in [-0.15, -0.1) is 0 Å². The molecule has 4 heteroatoms. The third kappa shape index (κ3) is 3.95. The molecule has 0 fully saturated rings. The molecule has 0 aromatic rings. The summed E-state index contributed by atoms with van der Waals surface area (Å²) in [6.45, 7) is 3.09. The van der Waals surface area contributed by atoms with Crippen LogP contribution in [0, 0.1) is 0 Å². The van der Waals surface area contributed by atoms with Gasteiger partial charge in [0.05, 0.1) is 0 Å². The minimum absolute atomic E-state index is 0.246. The highest BCUT2D eigenvalue weighted by Crippen LogP contribution is 2.03. The van der Waals surface area contributed by atoms with Gasteiger partial charge in [0.2, 0.25) is 6.29 Å². The van der Waals surface area contributed by atoms with Gasteiger partial charge in [-0.3, -0.25) is 4.79 Å². The Morgan fingerprint density at radius 3 is 2.09 bits per heavy atom. The molecule has 0 saturated heterocycles. The van der Waals surface area contributed by atoms with Crippen LogP contribution in [0.1, 0.15) is 13.8 Å². The molecule has 0 bridgehead atoms. The van der Waals surface area contributed by atoms with Crippen molar-refractivity contribution in [2.45, 2.75) is 26.2 Å². The largest absolute Gasteiger partial charge is 0.433 e. The zero-order chi connectivity index (χ0) is 8.85. The highest BCUT2D eigenvalue weighted by Gasteiger charge is 2.18. The summed E-state index contributed by atoms with van der Waals surface area (Å²) in [5.41, 5.74) is 0. The maximum atomic E-state index is 10.5. The zero-order valence-corrected chi connectivity index (χ0v) is 7.29. The first-order valence-electron chi connectivity index (χ1n) is 3.34. The summed E-state index contributed by atoms with van der Waals surface area (Å²) in [6.07, 6.45) is -0.860. The van der Waals surface area contributed by atoms with E-state index < -0.39 is 6.29 Å². The molecule has 0 aromatic carbocycles. The van der Waals surface area contributed by atoms with Crippen molar-refractivity contribution in [3.05, 3.63) is 0 Å². The average molecular weight is 162 g/mol. The molecule has 0 aromatic heterocycles. The lowest BCUT2D eigenvalue weighted by Crippen LogP contribution is -2.31. The zero-order valence-electron chi connectivity index (χ0n) is 7.29. The number of carbonyl (C=O) groups is 1. The van der Waals surface area contributed by atoms with Crippen molar-refractivity contribution in [3.8, 4) is 0 Å². The lowest BCUT2D eigenvalue weighted by molar-refractivity contribution is -0.194. The Bertz CT molecular complexity index is 124. The van der Waals surface area contributed by atoms with E-state index in [0.29, 0.717) is 0 Å². The van der Waals surface area contributed by atoms with Crippen molar-refractivity contribution in [2.24, 2.45) is 0 Å². The Labute approximate surface area is 66.4 Å². The first-order chi connectivity index (χ1) is 5.11. The van der Waals surface area contributed by atoms with E-state index in [1.807, 2.05) is 0 Å². The van der Waals surface area contributed by atoms with E-state index in [1.165, 1.54) is 21.1 Å². The Morgan fingerprint density at radius 1 is 1.27 bits per heavy atom. The number of carbonyl (C=O) groups excluding carboxylic acids is 1. The lowest BCUT2D eigenvalue weighted by atomic mass is 10.4. The molecule has 66 valence electrons. The normalized spacial score (nSPS) is 15.6. The summed E-state index contributed by atoms with van der Waals surface area (Å²) >= 11 is 0. The number of rotatable bonds is 4. The predicted molar refractivity (Wildman–Crippen MR) is 39.0 cm³/mol. The maximum absolute atomic E-state index is 10.5. The molecule has 11 heavy (non-hydrogen) atoms. The highest BCUT2D eigenvalue weighted by molar-refractivity contribution is 5.66. The van der Waals surface area contributed by atoms with Crippen LogP contribution in [0.15, 0.2) is 0 Å². The molecule has 0 aliphatic rings. The van der Waals surface area contributed by atoms with Gasteiger partial charge in [-0.05, 0) is 6.92 Å². The molecule has 2 atom stereocenters. The quantitative estimate of drug-likeness (QED) is 0.447. The van der Waals surface area contributed by atoms with E-state index in [9.17, 15) is 4.79 Å². The maximum Gasteiger partial charge on any atom is 0.305 e. The number of hydrogen-bond donors (Lipinski definition) is 0. The van der Waals surface area contributed by atoms with Gasteiger partial charge in [0, 0.05) is 21.1 Å². The lowest BCUT2D eigenvalue weighted by Gasteiger charge is -2.20. The fourth-order valence-corrected chi connectivity index (χ4v) is 0.610. The molecule has 0 spiro atoms. The van der Waals surface area contributed by atoms with E-state index in [0.717, 1.165) is 0 Å². The van der Waals surface area contributed by atoms with Crippen molar-refractivity contribution < 1.29 is 19.0 Å². The number of hydrogen-bond acceptors (Lipinski definition) is 4. The summed E-state index contributed by atoms with van der Waals surface area (Å²) in [5, 5.41) is 0. The van der Waals surface area contributed by atoms with Crippen LogP contribution in [-0.2, 0) is 19.0 Å². The SMILES string of the molecule is COC(C)C(OC)OC(C)=O. The van der Waals surface area contributed by atoms with Gasteiger partial charge in [0.25, 0.3) is 0 Å². The summed E-state index contributed by atoms with van der Waals surface area (Å²) < 4.78 is 14.5. The third-order valence-corrected chi connectivity index (χ3v) is 1.27. The van der Waals surface area contributed by atoms with Gasteiger partial charge in [0.1, 0.15) is 6.10 Å². The van der Waals surface area contributed by atoms with Crippen LogP contribution >= 0.6 is 0 Å². The van der Waals surface area contributed by atoms with E-state index in [4.69, 9.17) is 14.2 Å². The molecule has 0 amide bonds. The van der Waals surface area contributed by atoms with Crippen LogP contribution < -0.4 is 0 Å². The van der Waals surface area contributed by atoms with Crippen LogP contribution in [0.3, 0.4) is 0 Å². The van der Waals surface area contributed by atoms with E-state index in [1.54, 1.807) is 6.92 Å². The fourth-order valence-electron chi connectivity index (χ4n) is 0.610. The Hall–Kier alpha value is -0.610. The van der Waals surface area contributed by atoms with E-state index >= 15 is 0 Å². The fraction of sp³-hybridized carbons (Fsp3) is 0.857. The van der Waals surface area contributed by atoms with Crippen LogP contribution in [0.4, 0.5) is 0 Å². The van der Waals surface area contributed by atoms with Crippen molar-refractivity contribution in [2.75, 3.05) is 14.2 Å². The predicted octanol–water partition coefficient (Wildman–Crippen LogP) is 0.557. The van der Waals surface area contributed by atoms with Crippen LogP contribution in [-0.4, -0.2) is 32.6 Å². The standard InChI is InChI=1S/C7H14O4/c1-5(9-3)7(10-4)11-6(2)8/h5,7H,1-4H3. The van der Waals surface area contributed by atoms with Gasteiger partial charge in [-0.25, -0.2) is 0 Å². The molecule has 4 nitrogen and oxygen atoms in total. The van der Waals surface area contributed by atoms with Crippen molar-refractivity contribution >= 4 is 5.97 Å². The first kappa shape index (κ1) is 10.4. The summed E-state index contributed by atoms with van der Waals surface area (Å²) in [7, 11) is 2.99. The van der Waals surface area contributed by atoms with E-state index in [-0.39, 0.29) is 12.1 Å². The molecule has 0 aliphatic heterocycles. The van der Waals surface area contributed by atoms with E-state index in [2.05, 4.69) is 0 Å². The molecule has 0 radical (unpaired) electrons. The first-order valence-corrected chi connectivity index (χ1v) is 3.34. The molecule has 0 heterocycles. The molecule has 2 unspecified atom stereocenters. The Kier molecular flexibility index (Phi) is 4.81. The molecule has 0 N–H and O–H groups in total. The van der Waals surface area contributed by atoms with Crippen molar-refractivity contribution in [3.63, 3.8) is 0 Å². The van der Waals surface area contributed by atoms with Gasteiger partial charge >= 0.3 is 5.97 Å². The second-order valence-corrected chi connectivity index (χ2v) is 2.15. The monoisotopic (exact) mass is 162 g/mol. The minimum atomic E-state index is -0.613. The Balaban J connectivity index is 3.84. The molecule has 0 aliphatic carbocycles. The topological polar surface area (TPSA) is 44.8 Å². The molecular weight excluding hydrogens is 148 g/mol. The minimum Gasteiger partial charge on any atom is -0.433 e. The van der Waals surface area contributed by atoms with Crippen LogP contribution in [0.25, 0.3) is 0 Å². The molecule has 0 rings (SSSR count). The molecule has 0 saturated carbocycles. The second-order valence-electron chi connectivity index (χ2n) is 2.15. The third-order valence-electron chi connectivity index (χ3n) is 1.27. The highest BCUT2D eigenvalue weighted by atomic mass is 16.7. The smallest absolute Gasteiger partial charge is 0.305 e. The van der Waals surface area contributed by atoms with Crippen LogP contribution in [0.5, 0.6) is 0 Å². The van der Waals surface area contributed by atoms with Gasteiger partial charge in [0.15, 0.2) is 0 Å². The van der Waals surface area contributed by atoms with Crippen molar-refractivity contribution in [1.29, 1.82) is 0 Å². The number of esters is 1. The van der Waals surface area contributed by atoms with Crippen molar-refractivity contribution in [1.82, 2.24) is 0 Å². The number of methoxy groups -OCH3 is 2. The van der Waals surface area contributed by atoms with Gasteiger partial charge < -0.3 is 14.2 Å². The van der Waals surface area contributed by atoms with Gasteiger partial charge in [-0.2, -0.15) is 0 Å². The average Bonchev–Trinajstić information content (AvgIpc) is 1.98. The second kappa shape index (κ2) is 5.09. The van der Waals surface area contributed by atoms with Crippen LogP contribution in [0.2, 0.25) is 0 Å². The molecular formula is C7H14O4. The summed E-state index contributed by atoms with van der Waals surface area (Å²) in [6, 6.07) is 0. The Morgan fingerprint density at radius 2 is 1.82 bits per heavy atom.